The number of hydrogen-bond acceptors (Lipinski definition) is 4. The van der Waals surface area contributed by atoms with Crippen molar-refractivity contribution in [1.29, 1.82) is 0 Å². The van der Waals surface area contributed by atoms with Crippen molar-refractivity contribution in [3.63, 3.8) is 0 Å². The number of benzene rings is 1. The second kappa shape index (κ2) is 9.23. The third kappa shape index (κ3) is 5.46. The van der Waals surface area contributed by atoms with E-state index < -0.39 is 0 Å². The molecule has 1 unspecified atom stereocenters. The zero-order chi connectivity index (χ0) is 16.7. The molecule has 23 heavy (non-hydrogen) atoms. The van der Waals surface area contributed by atoms with Crippen LogP contribution in [0.25, 0.3) is 0 Å². The van der Waals surface area contributed by atoms with Crippen molar-refractivity contribution in [2.75, 3.05) is 53.0 Å². The van der Waals surface area contributed by atoms with Gasteiger partial charge in [0.1, 0.15) is 0 Å². The highest BCUT2D eigenvalue weighted by Gasteiger charge is 2.24. The molecule has 0 saturated carbocycles. The summed E-state index contributed by atoms with van der Waals surface area (Å²) in [5.74, 6) is 0.167. The van der Waals surface area contributed by atoms with Crippen LogP contribution in [0.1, 0.15) is 18.5 Å². The lowest BCUT2D eigenvalue weighted by Gasteiger charge is -2.38. The van der Waals surface area contributed by atoms with E-state index in [4.69, 9.17) is 16.3 Å². The van der Waals surface area contributed by atoms with Gasteiger partial charge in [0.25, 0.3) is 0 Å². The van der Waals surface area contributed by atoms with Gasteiger partial charge in [0.15, 0.2) is 0 Å². The molecule has 0 aromatic heterocycles. The van der Waals surface area contributed by atoms with Gasteiger partial charge in [-0.3, -0.25) is 9.69 Å². The SMILES string of the molecule is COCCNCC(=O)N1CCN(C(C)c2ccc(Cl)cc2)CC1. The molecule has 1 aliphatic rings. The van der Waals surface area contributed by atoms with E-state index in [9.17, 15) is 4.79 Å². The zero-order valence-electron chi connectivity index (χ0n) is 13.9. The van der Waals surface area contributed by atoms with Crippen LogP contribution in [0.15, 0.2) is 24.3 Å². The lowest BCUT2D eigenvalue weighted by molar-refractivity contribution is -0.132. The maximum atomic E-state index is 12.1. The number of hydrogen-bond donors (Lipinski definition) is 1. The molecule has 0 bridgehead atoms. The second-order valence-corrected chi connectivity index (χ2v) is 6.25. The molecule has 1 aromatic rings. The van der Waals surface area contributed by atoms with E-state index in [2.05, 4.69) is 29.3 Å². The Balaban J connectivity index is 1.76. The highest BCUT2D eigenvalue weighted by atomic mass is 35.5. The Morgan fingerprint density at radius 1 is 1.26 bits per heavy atom. The molecular weight excluding hydrogens is 314 g/mol. The molecular formula is C17H26ClN3O2. The Morgan fingerprint density at radius 3 is 2.52 bits per heavy atom. The molecule has 1 fully saturated rings. The summed E-state index contributed by atoms with van der Waals surface area (Å²) in [4.78, 5) is 16.5. The molecule has 0 spiro atoms. The van der Waals surface area contributed by atoms with Gasteiger partial charge in [0.05, 0.1) is 13.2 Å². The molecule has 1 atom stereocenters. The smallest absolute Gasteiger partial charge is 0.236 e. The summed E-state index contributed by atoms with van der Waals surface area (Å²) in [5, 5.41) is 3.87. The number of nitrogens with zero attached hydrogens (tertiary/aromatic N) is 2. The minimum Gasteiger partial charge on any atom is -0.383 e. The van der Waals surface area contributed by atoms with Crippen LogP contribution in [-0.4, -0.2) is 68.7 Å². The minimum absolute atomic E-state index is 0.167. The third-order valence-electron chi connectivity index (χ3n) is 4.33. The maximum absolute atomic E-state index is 12.1. The first-order chi connectivity index (χ1) is 11.1. The number of rotatable bonds is 7. The molecule has 1 aromatic carbocycles. The van der Waals surface area contributed by atoms with E-state index in [1.54, 1.807) is 7.11 Å². The van der Waals surface area contributed by atoms with E-state index in [0.29, 0.717) is 25.7 Å². The number of halogens is 1. The van der Waals surface area contributed by atoms with Crippen LogP contribution in [0.4, 0.5) is 0 Å². The molecule has 1 N–H and O–H groups in total. The average Bonchev–Trinajstić information content (AvgIpc) is 2.59. The van der Waals surface area contributed by atoms with Gasteiger partial charge < -0.3 is 15.0 Å². The first kappa shape index (κ1) is 18.2. The Hall–Kier alpha value is -1.14. The van der Waals surface area contributed by atoms with Gasteiger partial charge in [0, 0.05) is 50.9 Å². The standard InChI is InChI=1S/C17H26ClN3O2/c1-14(15-3-5-16(18)6-4-15)20-8-10-21(11-9-20)17(22)13-19-7-12-23-2/h3-6,14,19H,7-13H2,1-2H3. The first-order valence-electron chi connectivity index (χ1n) is 8.08. The summed E-state index contributed by atoms with van der Waals surface area (Å²) >= 11 is 5.95. The molecule has 5 nitrogen and oxygen atoms in total. The van der Waals surface area contributed by atoms with Crippen molar-refractivity contribution >= 4 is 17.5 Å². The van der Waals surface area contributed by atoms with E-state index in [1.165, 1.54) is 5.56 Å². The Kier molecular flexibility index (Phi) is 7.30. The molecule has 128 valence electrons. The monoisotopic (exact) mass is 339 g/mol. The molecule has 1 amide bonds. The van der Waals surface area contributed by atoms with Gasteiger partial charge in [-0.2, -0.15) is 0 Å². The molecule has 1 aliphatic heterocycles. The van der Waals surface area contributed by atoms with Crippen molar-refractivity contribution in [1.82, 2.24) is 15.1 Å². The minimum atomic E-state index is 0.167. The average molecular weight is 340 g/mol. The Bertz CT molecular complexity index is 487. The molecule has 0 radical (unpaired) electrons. The molecule has 2 rings (SSSR count). The predicted octanol–water partition coefficient (Wildman–Crippen LogP) is 1.78. The fourth-order valence-corrected chi connectivity index (χ4v) is 2.92. The van der Waals surface area contributed by atoms with Crippen LogP contribution in [0.3, 0.4) is 0 Å². The zero-order valence-corrected chi connectivity index (χ0v) is 14.7. The molecule has 1 saturated heterocycles. The lowest BCUT2D eigenvalue weighted by atomic mass is 10.1. The number of carbonyl (C=O) groups excluding carboxylic acids is 1. The van der Waals surface area contributed by atoms with E-state index >= 15 is 0 Å². The number of ether oxygens (including phenoxy) is 1. The molecule has 0 aliphatic carbocycles. The van der Waals surface area contributed by atoms with Crippen LogP contribution in [0.2, 0.25) is 5.02 Å². The quantitative estimate of drug-likeness (QED) is 0.769. The Labute approximate surface area is 143 Å². The predicted molar refractivity (Wildman–Crippen MR) is 92.8 cm³/mol. The number of piperazine rings is 1. The van der Waals surface area contributed by atoms with Crippen LogP contribution in [0.5, 0.6) is 0 Å². The number of nitrogens with one attached hydrogen (secondary N) is 1. The van der Waals surface area contributed by atoms with Crippen molar-refractivity contribution < 1.29 is 9.53 Å². The maximum Gasteiger partial charge on any atom is 0.236 e. The van der Waals surface area contributed by atoms with Crippen molar-refractivity contribution in [3.05, 3.63) is 34.9 Å². The van der Waals surface area contributed by atoms with E-state index in [0.717, 1.165) is 31.2 Å². The summed E-state index contributed by atoms with van der Waals surface area (Å²) in [7, 11) is 1.66. The van der Waals surface area contributed by atoms with E-state index in [1.807, 2.05) is 17.0 Å². The van der Waals surface area contributed by atoms with Gasteiger partial charge in [-0.15, -0.1) is 0 Å². The van der Waals surface area contributed by atoms with Gasteiger partial charge in [-0.05, 0) is 24.6 Å². The fraction of sp³-hybridized carbons (Fsp3) is 0.588. The number of carbonyl (C=O) groups is 1. The third-order valence-corrected chi connectivity index (χ3v) is 4.58. The summed E-state index contributed by atoms with van der Waals surface area (Å²) in [5.41, 5.74) is 1.26. The van der Waals surface area contributed by atoms with Crippen molar-refractivity contribution in [3.8, 4) is 0 Å². The van der Waals surface area contributed by atoms with Crippen LogP contribution in [0, 0.1) is 0 Å². The van der Waals surface area contributed by atoms with Crippen molar-refractivity contribution in [2.45, 2.75) is 13.0 Å². The highest BCUT2D eigenvalue weighted by molar-refractivity contribution is 6.30. The molecule has 1 heterocycles. The van der Waals surface area contributed by atoms with Crippen molar-refractivity contribution in [2.24, 2.45) is 0 Å². The van der Waals surface area contributed by atoms with Crippen LogP contribution < -0.4 is 5.32 Å². The van der Waals surface area contributed by atoms with Gasteiger partial charge in [0.2, 0.25) is 5.91 Å². The first-order valence-corrected chi connectivity index (χ1v) is 8.46. The summed E-state index contributed by atoms with van der Waals surface area (Å²) in [6.45, 7) is 7.27. The van der Waals surface area contributed by atoms with Gasteiger partial charge in [-0.25, -0.2) is 0 Å². The number of amides is 1. The van der Waals surface area contributed by atoms with Crippen LogP contribution in [-0.2, 0) is 9.53 Å². The number of methoxy groups -OCH3 is 1. The molecule has 6 heteroatoms. The van der Waals surface area contributed by atoms with E-state index in [-0.39, 0.29) is 5.91 Å². The topological polar surface area (TPSA) is 44.8 Å². The van der Waals surface area contributed by atoms with Gasteiger partial charge >= 0.3 is 0 Å². The van der Waals surface area contributed by atoms with Crippen LogP contribution >= 0.6 is 11.6 Å². The summed E-state index contributed by atoms with van der Waals surface area (Å²) < 4.78 is 4.96. The second-order valence-electron chi connectivity index (χ2n) is 5.81. The lowest BCUT2D eigenvalue weighted by Crippen LogP contribution is -2.51. The fourth-order valence-electron chi connectivity index (χ4n) is 2.79. The normalized spacial score (nSPS) is 17.3. The summed E-state index contributed by atoms with van der Waals surface area (Å²) in [6.07, 6.45) is 0. The Morgan fingerprint density at radius 2 is 1.91 bits per heavy atom. The summed E-state index contributed by atoms with van der Waals surface area (Å²) in [6, 6.07) is 8.34. The van der Waals surface area contributed by atoms with Gasteiger partial charge in [-0.1, -0.05) is 23.7 Å². The highest BCUT2D eigenvalue weighted by Crippen LogP contribution is 2.23. The largest absolute Gasteiger partial charge is 0.383 e.